The Morgan fingerprint density at radius 3 is 2.48 bits per heavy atom. The molecule has 1 aliphatic carbocycles. The molecule has 0 unspecified atom stereocenters. The standard InChI is InChI=1S/C21H22ClN3O3S/c1-15-8-9-17(24-20(26)21(14-23)10-3-2-4-11-21)13-19(15)29(27,28)25-18-7-5-6-16(22)12-18/h5-9,12-13,25H,2-4,10-11H2,1H3,(H,24,26). The summed E-state index contributed by atoms with van der Waals surface area (Å²) in [6, 6.07) is 13.3. The Bertz CT molecular complexity index is 1070. The van der Waals surface area contributed by atoms with Crippen molar-refractivity contribution in [1.82, 2.24) is 0 Å². The van der Waals surface area contributed by atoms with Crippen LogP contribution in [0.4, 0.5) is 11.4 Å². The van der Waals surface area contributed by atoms with Gasteiger partial charge < -0.3 is 5.32 Å². The van der Waals surface area contributed by atoms with Gasteiger partial charge in [0, 0.05) is 10.7 Å². The minimum Gasteiger partial charge on any atom is -0.325 e. The van der Waals surface area contributed by atoms with Gasteiger partial charge in [-0.15, -0.1) is 0 Å². The molecule has 2 aromatic carbocycles. The van der Waals surface area contributed by atoms with Crippen LogP contribution in [0.5, 0.6) is 0 Å². The first kappa shape index (κ1) is 21.2. The second-order valence-corrected chi connectivity index (χ2v) is 9.39. The molecule has 0 bridgehead atoms. The molecule has 3 rings (SSSR count). The predicted octanol–water partition coefficient (Wildman–Crippen LogP) is 4.86. The van der Waals surface area contributed by atoms with Gasteiger partial charge in [-0.2, -0.15) is 5.26 Å². The van der Waals surface area contributed by atoms with E-state index in [2.05, 4.69) is 16.1 Å². The van der Waals surface area contributed by atoms with Crippen molar-refractivity contribution in [2.45, 2.75) is 43.9 Å². The Morgan fingerprint density at radius 1 is 1.10 bits per heavy atom. The first-order valence-electron chi connectivity index (χ1n) is 9.37. The first-order valence-corrected chi connectivity index (χ1v) is 11.2. The summed E-state index contributed by atoms with van der Waals surface area (Å²) in [5.74, 6) is -0.380. The molecule has 1 saturated carbocycles. The topological polar surface area (TPSA) is 99.1 Å². The lowest BCUT2D eigenvalue weighted by Crippen LogP contribution is -2.36. The van der Waals surface area contributed by atoms with Crippen LogP contribution in [0.3, 0.4) is 0 Å². The number of hydrogen-bond donors (Lipinski definition) is 2. The summed E-state index contributed by atoms with van der Waals surface area (Å²) < 4.78 is 28.2. The summed E-state index contributed by atoms with van der Waals surface area (Å²) in [5, 5.41) is 12.7. The fourth-order valence-corrected chi connectivity index (χ4v) is 5.04. The number of hydrogen-bond acceptors (Lipinski definition) is 4. The lowest BCUT2D eigenvalue weighted by molar-refractivity contribution is -0.124. The molecule has 1 amide bonds. The molecule has 0 aromatic heterocycles. The first-order chi connectivity index (χ1) is 13.8. The predicted molar refractivity (Wildman–Crippen MR) is 113 cm³/mol. The molecular formula is C21H22ClN3O3S. The summed E-state index contributed by atoms with van der Waals surface area (Å²) in [5.41, 5.74) is 0.163. The van der Waals surface area contributed by atoms with Crippen LogP contribution in [-0.4, -0.2) is 14.3 Å². The Balaban J connectivity index is 1.86. The average Bonchev–Trinajstić information content (AvgIpc) is 2.69. The number of nitriles is 1. The number of aryl methyl sites for hydroxylation is 1. The van der Waals surface area contributed by atoms with Crippen molar-refractivity contribution in [3.8, 4) is 6.07 Å². The van der Waals surface area contributed by atoms with E-state index >= 15 is 0 Å². The summed E-state index contributed by atoms with van der Waals surface area (Å²) >= 11 is 5.93. The average molecular weight is 432 g/mol. The SMILES string of the molecule is Cc1ccc(NC(=O)C2(C#N)CCCCC2)cc1S(=O)(=O)Nc1cccc(Cl)c1. The van der Waals surface area contributed by atoms with E-state index in [9.17, 15) is 18.5 Å². The number of carbonyl (C=O) groups is 1. The fourth-order valence-electron chi connectivity index (χ4n) is 3.53. The minimum atomic E-state index is -3.89. The van der Waals surface area contributed by atoms with Gasteiger partial charge in [0.15, 0.2) is 0 Å². The molecule has 0 radical (unpaired) electrons. The Hall–Kier alpha value is -2.56. The highest BCUT2D eigenvalue weighted by molar-refractivity contribution is 7.92. The Kier molecular flexibility index (Phi) is 6.15. The Morgan fingerprint density at radius 2 is 1.83 bits per heavy atom. The molecule has 0 atom stereocenters. The van der Waals surface area contributed by atoms with Crippen molar-refractivity contribution in [2.24, 2.45) is 5.41 Å². The number of carbonyl (C=O) groups excluding carboxylic acids is 1. The van der Waals surface area contributed by atoms with Crippen molar-refractivity contribution in [3.63, 3.8) is 0 Å². The number of halogens is 1. The number of nitrogens with one attached hydrogen (secondary N) is 2. The van der Waals surface area contributed by atoms with Gasteiger partial charge in [0.25, 0.3) is 10.0 Å². The van der Waals surface area contributed by atoms with E-state index in [1.807, 2.05) is 0 Å². The smallest absolute Gasteiger partial charge is 0.262 e. The number of anilines is 2. The van der Waals surface area contributed by atoms with E-state index in [1.54, 1.807) is 37.3 Å². The number of rotatable bonds is 5. The van der Waals surface area contributed by atoms with E-state index in [4.69, 9.17) is 11.6 Å². The van der Waals surface area contributed by atoms with Crippen LogP contribution in [-0.2, 0) is 14.8 Å². The van der Waals surface area contributed by atoms with Gasteiger partial charge in [-0.05, 0) is 55.7 Å². The second kappa shape index (κ2) is 8.44. The van der Waals surface area contributed by atoms with Crippen molar-refractivity contribution >= 4 is 38.9 Å². The molecule has 29 heavy (non-hydrogen) atoms. The van der Waals surface area contributed by atoms with Gasteiger partial charge in [-0.1, -0.05) is 43.0 Å². The van der Waals surface area contributed by atoms with Gasteiger partial charge in [-0.3, -0.25) is 9.52 Å². The van der Waals surface area contributed by atoms with Gasteiger partial charge in [0.05, 0.1) is 16.7 Å². The second-order valence-electron chi connectivity index (χ2n) is 7.30. The zero-order valence-electron chi connectivity index (χ0n) is 16.0. The number of sulfonamides is 1. The van der Waals surface area contributed by atoms with Crippen molar-refractivity contribution in [3.05, 3.63) is 53.1 Å². The molecule has 2 aromatic rings. The summed E-state index contributed by atoms with van der Waals surface area (Å²) in [4.78, 5) is 12.8. The lowest BCUT2D eigenvalue weighted by Gasteiger charge is -2.29. The molecule has 1 fully saturated rings. The van der Waals surface area contributed by atoms with Crippen LogP contribution >= 0.6 is 11.6 Å². The maximum absolute atomic E-state index is 12.9. The highest BCUT2D eigenvalue weighted by Crippen LogP contribution is 2.37. The third-order valence-electron chi connectivity index (χ3n) is 5.17. The third kappa shape index (κ3) is 4.72. The third-order valence-corrected chi connectivity index (χ3v) is 6.93. The van der Waals surface area contributed by atoms with Crippen LogP contribution in [0.1, 0.15) is 37.7 Å². The fraction of sp³-hybridized carbons (Fsp3) is 0.333. The molecule has 0 saturated heterocycles. The lowest BCUT2D eigenvalue weighted by atomic mass is 9.74. The van der Waals surface area contributed by atoms with E-state index in [-0.39, 0.29) is 10.8 Å². The number of benzene rings is 2. The van der Waals surface area contributed by atoms with Crippen LogP contribution in [0, 0.1) is 23.7 Å². The highest BCUT2D eigenvalue weighted by Gasteiger charge is 2.39. The zero-order chi connectivity index (χ0) is 21.1. The molecule has 0 heterocycles. The maximum atomic E-state index is 12.9. The molecule has 2 N–H and O–H groups in total. The molecule has 1 aliphatic rings. The highest BCUT2D eigenvalue weighted by atomic mass is 35.5. The van der Waals surface area contributed by atoms with E-state index in [1.165, 1.54) is 12.1 Å². The number of nitrogens with zero attached hydrogens (tertiary/aromatic N) is 1. The summed E-state index contributed by atoms with van der Waals surface area (Å²) in [6.45, 7) is 1.68. The molecule has 0 spiro atoms. The van der Waals surface area contributed by atoms with Crippen molar-refractivity contribution < 1.29 is 13.2 Å². The van der Waals surface area contributed by atoms with Gasteiger partial charge in [-0.25, -0.2) is 8.42 Å². The van der Waals surface area contributed by atoms with Crippen LogP contribution in [0.15, 0.2) is 47.4 Å². The quantitative estimate of drug-likeness (QED) is 0.705. The van der Waals surface area contributed by atoms with E-state index in [0.29, 0.717) is 34.8 Å². The summed E-state index contributed by atoms with van der Waals surface area (Å²) in [6.07, 6.45) is 3.71. The largest absolute Gasteiger partial charge is 0.325 e. The molecule has 8 heteroatoms. The van der Waals surface area contributed by atoms with Crippen molar-refractivity contribution in [2.75, 3.05) is 10.0 Å². The number of amides is 1. The van der Waals surface area contributed by atoms with Crippen molar-refractivity contribution in [1.29, 1.82) is 5.26 Å². The van der Waals surface area contributed by atoms with E-state index < -0.39 is 15.4 Å². The molecule has 0 aliphatic heterocycles. The van der Waals surface area contributed by atoms with Crippen LogP contribution in [0.2, 0.25) is 5.02 Å². The van der Waals surface area contributed by atoms with Gasteiger partial charge in [0.1, 0.15) is 5.41 Å². The summed E-state index contributed by atoms with van der Waals surface area (Å²) in [7, 11) is -3.89. The minimum absolute atomic E-state index is 0.0462. The van der Waals surface area contributed by atoms with Gasteiger partial charge in [0.2, 0.25) is 5.91 Å². The molecular weight excluding hydrogens is 410 g/mol. The van der Waals surface area contributed by atoms with E-state index in [0.717, 1.165) is 19.3 Å². The maximum Gasteiger partial charge on any atom is 0.262 e. The monoisotopic (exact) mass is 431 g/mol. The van der Waals surface area contributed by atoms with Gasteiger partial charge >= 0.3 is 0 Å². The molecule has 6 nitrogen and oxygen atoms in total. The molecule has 152 valence electrons. The Labute approximate surface area is 175 Å². The normalized spacial score (nSPS) is 15.9. The van der Waals surface area contributed by atoms with Crippen LogP contribution in [0.25, 0.3) is 0 Å². The van der Waals surface area contributed by atoms with Crippen LogP contribution < -0.4 is 10.0 Å². The zero-order valence-corrected chi connectivity index (χ0v) is 17.6.